The molecule has 0 unspecified atom stereocenters. The van der Waals surface area contributed by atoms with E-state index in [1.165, 1.54) is 23.9 Å². The molecule has 0 bridgehead atoms. The van der Waals surface area contributed by atoms with Crippen molar-refractivity contribution in [2.24, 2.45) is 0 Å². The maximum absolute atomic E-state index is 13.2. The number of methoxy groups -OCH3 is 1. The number of sulfonamides is 1. The van der Waals surface area contributed by atoms with E-state index in [1.807, 2.05) is 54.4 Å². The van der Waals surface area contributed by atoms with Crippen LogP contribution >= 0.6 is 0 Å². The second-order valence-electron chi connectivity index (χ2n) is 8.79. The molecule has 4 rings (SSSR count). The predicted octanol–water partition coefficient (Wildman–Crippen LogP) is 4.07. The van der Waals surface area contributed by atoms with Crippen LogP contribution in [0.2, 0.25) is 0 Å². The van der Waals surface area contributed by atoms with E-state index in [1.54, 1.807) is 25.3 Å². The minimum Gasteiger partial charge on any atom is -0.497 e. The average molecular weight is 531 g/mol. The van der Waals surface area contributed by atoms with Gasteiger partial charge < -0.3 is 9.64 Å². The molecule has 1 N–H and O–H groups in total. The van der Waals surface area contributed by atoms with Crippen LogP contribution in [0.3, 0.4) is 0 Å². The maximum Gasteiger partial charge on any atom is 0.268 e. The molecule has 0 spiro atoms. The number of amides is 1. The summed E-state index contributed by atoms with van der Waals surface area (Å²) in [6.07, 6.45) is 3.19. The van der Waals surface area contributed by atoms with E-state index < -0.39 is 15.9 Å². The average Bonchev–Trinajstić information content (AvgIpc) is 2.95. The Bertz CT molecular complexity index is 1480. The highest BCUT2D eigenvalue weighted by molar-refractivity contribution is 7.90. The lowest BCUT2D eigenvalue weighted by Gasteiger charge is -2.19. The van der Waals surface area contributed by atoms with Crippen LogP contribution in [0.4, 0.5) is 5.95 Å². The first-order valence-corrected chi connectivity index (χ1v) is 13.7. The van der Waals surface area contributed by atoms with Crippen LogP contribution in [-0.2, 0) is 29.3 Å². The number of hydrogen-bond acceptors (Lipinski definition) is 7. The van der Waals surface area contributed by atoms with Crippen molar-refractivity contribution in [3.05, 3.63) is 114 Å². The molecule has 3 aromatic carbocycles. The zero-order chi connectivity index (χ0) is 27.0. The standard InChI is InChI=1S/C29H30N4O4S/c1-33(19-18-22-10-5-3-6-11-22)29-30-21-26(28(34)32-38(35,36)25-14-7-4-8-15-25)27(31-29)17-16-23-12-9-13-24(20-23)37-2/h3-15,20-21H,16-19H2,1-2H3,(H,32,34). The molecule has 196 valence electrons. The van der Waals surface area contributed by atoms with Gasteiger partial charge in [-0.25, -0.2) is 23.1 Å². The third-order valence-corrected chi connectivity index (χ3v) is 7.43. The van der Waals surface area contributed by atoms with Crippen LogP contribution in [0.1, 0.15) is 27.2 Å². The molecule has 38 heavy (non-hydrogen) atoms. The van der Waals surface area contributed by atoms with Gasteiger partial charge in [-0.3, -0.25) is 4.79 Å². The second-order valence-corrected chi connectivity index (χ2v) is 10.5. The van der Waals surface area contributed by atoms with Crippen molar-refractivity contribution >= 4 is 21.9 Å². The molecule has 0 aliphatic carbocycles. The number of benzene rings is 3. The summed E-state index contributed by atoms with van der Waals surface area (Å²) in [5.74, 6) is 0.426. The molecule has 0 aliphatic heterocycles. The third kappa shape index (κ3) is 6.95. The summed E-state index contributed by atoms with van der Waals surface area (Å²) in [5, 5.41) is 0. The lowest BCUT2D eigenvalue weighted by molar-refractivity contribution is 0.0979. The highest BCUT2D eigenvalue weighted by atomic mass is 32.2. The Kier molecular flexibility index (Phi) is 8.70. The SMILES string of the molecule is COc1cccc(CCc2nc(N(C)CCc3ccccc3)ncc2C(=O)NS(=O)(=O)c2ccccc2)c1. The Morgan fingerprint density at radius 3 is 2.29 bits per heavy atom. The van der Waals surface area contributed by atoms with Crippen LogP contribution in [0.15, 0.2) is 96.0 Å². The zero-order valence-electron chi connectivity index (χ0n) is 21.4. The molecule has 4 aromatic rings. The molecular formula is C29H30N4O4S. The van der Waals surface area contributed by atoms with Crippen LogP contribution in [0.5, 0.6) is 5.75 Å². The van der Waals surface area contributed by atoms with Gasteiger partial charge in [-0.15, -0.1) is 0 Å². The Morgan fingerprint density at radius 1 is 0.895 bits per heavy atom. The molecule has 1 amide bonds. The van der Waals surface area contributed by atoms with Crippen molar-refractivity contribution in [3.63, 3.8) is 0 Å². The Morgan fingerprint density at radius 2 is 1.58 bits per heavy atom. The molecule has 0 fully saturated rings. The third-order valence-electron chi connectivity index (χ3n) is 6.08. The minimum atomic E-state index is -4.05. The monoisotopic (exact) mass is 530 g/mol. The van der Waals surface area contributed by atoms with E-state index in [2.05, 4.69) is 21.8 Å². The highest BCUT2D eigenvalue weighted by Gasteiger charge is 2.22. The Hall–Kier alpha value is -4.24. The molecule has 9 heteroatoms. The largest absolute Gasteiger partial charge is 0.497 e. The van der Waals surface area contributed by atoms with Gasteiger partial charge in [0.1, 0.15) is 5.75 Å². The number of carbonyl (C=O) groups is 1. The number of hydrogen-bond donors (Lipinski definition) is 1. The molecule has 8 nitrogen and oxygen atoms in total. The summed E-state index contributed by atoms with van der Waals surface area (Å²) in [4.78, 5) is 24.2. The fourth-order valence-electron chi connectivity index (χ4n) is 3.94. The number of likely N-dealkylation sites (N-methyl/N-ethyl adjacent to an activating group) is 1. The number of aryl methyl sites for hydroxylation is 2. The van der Waals surface area contributed by atoms with Gasteiger partial charge in [-0.2, -0.15) is 0 Å². The maximum atomic E-state index is 13.2. The Balaban J connectivity index is 1.58. The van der Waals surface area contributed by atoms with Gasteiger partial charge in [0.2, 0.25) is 5.95 Å². The van der Waals surface area contributed by atoms with Crippen molar-refractivity contribution in [2.45, 2.75) is 24.2 Å². The zero-order valence-corrected chi connectivity index (χ0v) is 22.2. The fraction of sp³-hybridized carbons (Fsp3) is 0.207. The number of rotatable bonds is 11. The fourth-order valence-corrected chi connectivity index (χ4v) is 4.93. The smallest absolute Gasteiger partial charge is 0.268 e. The highest BCUT2D eigenvalue weighted by Crippen LogP contribution is 2.18. The summed E-state index contributed by atoms with van der Waals surface area (Å²) in [5.41, 5.74) is 2.78. The molecule has 0 saturated heterocycles. The van der Waals surface area contributed by atoms with Gasteiger partial charge in [0, 0.05) is 19.8 Å². The quantitative estimate of drug-likeness (QED) is 0.312. The van der Waals surface area contributed by atoms with Crippen molar-refractivity contribution in [3.8, 4) is 5.75 Å². The molecule has 0 saturated carbocycles. The van der Waals surface area contributed by atoms with E-state index in [-0.39, 0.29) is 10.5 Å². The number of nitrogens with zero attached hydrogens (tertiary/aromatic N) is 3. The van der Waals surface area contributed by atoms with Crippen molar-refractivity contribution < 1.29 is 17.9 Å². The van der Waals surface area contributed by atoms with Crippen LogP contribution in [-0.4, -0.2) is 45.0 Å². The predicted molar refractivity (Wildman–Crippen MR) is 147 cm³/mol. The lowest BCUT2D eigenvalue weighted by atomic mass is 10.0. The van der Waals surface area contributed by atoms with E-state index in [4.69, 9.17) is 9.72 Å². The van der Waals surface area contributed by atoms with Gasteiger partial charge in [-0.1, -0.05) is 60.7 Å². The van der Waals surface area contributed by atoms with Gasteiger partial charge in [-0.05, 0) is 54.7 Å². The topological polar surface area (TPSA) is 101 Å². The number of nitrogens with one attached hydrogen (secondary N) is 1. The number of carbonyl (C=O) groups excluding carboxylic acids is 1. The van der Waals surface area contributed by atoms with Crippen molar-refractivity contribution in [1.82, 2.24) is 14.7 Å². The van der Waals surface area contributed by atoms with Gasteiger partial charge in [0.05, 0.1) is 23.3 Å². The summed E-state index contributed by atoms with van der Waals surface area (Å²) in [6.45, 7) is 0.674. The normalized spacial score (nSPS) is 11.1. The van der Waals surface area contributed by atoms with Gasteiger partial charge >= 0.3 is 0 Å². The second kappa shape index (κ2) is 12.3. The van der Waals surface area contributed by atoms with Crippen LogP contribution in [0, 0.1) is 0 Å². The first kappa shape index (κ1) is 26.8. The first-order chi connectivity index (χ1) is 18.4. The van der Waals surface area contributed by atoms with Crippen molar-refractivity contribution in [2.75, 3.05) is 25.6 Å². The van der Waals surface area contributed by atoms with Gasteiger partial charge in [0.15, 0.2) is 0 Å². The van der Waals surface area contributed by atoms with E-state index in [0.29, 0.717) is 31.0 Å². The lowest BCUT2D eigenvalue weighted by Crippen LogP contribution is -2.32. The van der Waals surface area contributed by atoms with E-state index in [0.717, 1.165) is 17.7 Å². The first-order valence-electron chi connectivity index (χ1n) is 12.2. The van der Waals surface area contributed by atoms with Crippen LogP contribution < -0.4 is 14.4 Å². The Labute approximate surface area is 223 Å². The summed E-state index contributed by atoms with van der Waals surface area (Å²) in [6, 6.07) is 25.5. The van der Waals surface area contributed by atoms with Crippen molar-refractivity contribution in [1.29, 1.82) is 0 Å². The number of anilines is 1. The number of aromatic nitrogens is 2. The van der Waals surface area contributed by atoms with Crippen LogP contribution in [0.25, 0.3) is 0 Å². The number of ether oxygens (including phenoxy) is 1. The van der Waals surface area contributed by atoms with E-state index >= 15 is 0 Å². The molecule has 1 heterocycles. The van der Waals surface area contributed by atoms with Gasteiger partial charge in [0.25, 0.3) is 15.9 Å². The molecule has 0 radical (unpaired) electrons. The minimum absolute atomic E-state index is 0.00413. The molecule has 0 aliphatic rings. The van der Waals surface area contributed by atoms with E-state index in [9.17, 15) is 13.2 Å². The summed E-state index contributed by atoms with van der Waals surface area (Å²) in [7, 11) is -0.548. The molecular weight excluding hydrogens is 500 g/mol. The summed E-state index contributed by atoms with van der Waals surface area (Å²) < 4.78 is 33.0. The summed E-state index contributed by atoms with van der Waals surface area (Å²) >= 11 is 0. The molecule has 1 aromatic heterocycles. The molecule has 0 atom stereocenters.